The van der Waals surface area contributed by atoms with Gasteiger partial charge < -0.3 is 24.4 Å². The molecule has 3 aliphatic heterocycles. The fourth-order valence-electron chi connectivity index (χ4n) is 4.94. The lowest BCUT2D eigenvalue weighted by atomic mass is 9.91. The van der Waals surface area contributed by atoms with Gasteiger partial charge in [0.25, 0.3) is 0 Å². The maximum atomic E-state index is 13.6. The molecule has 0 bridgehead atoms. The number of hydrogen-bond donors (Lipinski definition) is 1. The van der Waals surface area contributed by atoms with Gasteiger partial charge in [0.15, 0.2) is 5.17 Å². The van der Waals surface area contributed by atoms with Crippen LogP contribution in [0.4, 0.5) is 0 Å². The van der Waals surface area contributed by atoms with E-state index in [4.69, 9.17) is 19.2 Å². The van der Waals surface area contributed by atoms with Crippen molar-refractivity contribution in [2.24, 2.45) is 4.99 Å². The number of rotatable bonds is 9. The number of esters is 1. The summed E-state index contributed by atoms with van der Waals surface area (Å²) in [5.74, 6) is 0.0686. The van der Waals surface area contributed by atoms with Crippen LogP contribution < -0.4 is 10.1 Å². The summed E-state index contributed by atoms with van der Waals surface area (Å²) in [4.78, 5) is 33.5. The Morgan fingerprint density at radius 1 is 1.16 bits per heavy atom. The van der Waals surface area contributed by atoms with E-state index in [1.54, 1.807) is 14.0 Å². The number of nitrogens with one attached hydrogen (secondary N) is 1. The molecule has 38 heavy (non-hydrogen) atoms. The largest absolute Gasteiger partial charge is 0.496 e. The van der Waals surface area contributed by atoms with Gasteiger partial charge in [0, 0.05) is 30.0 Å². The molecule has 0 aromatic heterocycles. The zero-order valence-corrected chi connectivity index (χ0v) is 22.3. The molecule has 3 aliphatic rings. The van der Waals surface area contributed by atoms with Gasteiger partial charge in [-0.3, -0.25) is 4.79 Å². The smallest absolute Gasteiger partial charge is 0.338 e. The molecular formula is C29H31N3O5S. The minimum Gasteiger partial charge on any atom is -0.496 e. The second kappa shape index (κ2) is 11.9. The van der Waals surface area contributed by atoms with Crippen molar-refractivity contribution in [2.45, 2.75) is 38.3 Å². The highest BCUT2D eigenvalue weighted by atomic mass is 32.2. The first kappa shape index (κ1) is 26.1. The molecule has 2 unspecified atom stereocenters. The standard InChI is InChI=1S/C29H31N3O5S/c1-3-36-28(34)25-26(19-10-5-4-6-11-19)31-29-32(27(25)22-13-7-8-14-23(22)35-2)20(18-38-29)16-24(33)30-17-21-12-9-15-37-21/h4-8,10-11,13-14,18,21,27H,3,9,12,15-17H2,1-2H3,(H,30,33). The van der Waals surface area contributed by atoms with Crippen molar-refractivity contribution in [3.8, 4) is 5.75 Å². The van der Waals surface area contributed by atoms with Gasteiger partial charge in [0.05, 0.1) is 43.6 Å². The SMILES string of the molecule is CCOC(=O)C1=C(c2ccccc2)N=C2SC=C(CC(=O)NCC3CCCO3)N2C1c1ccccc1OC. The van der Waals surface area contributed by atoms with Gasteiger partial charge in [-0.2, -0.15) is 0 Å². The molecule has 2 atom stereocenters. The summed E-state index contributed by atoms with van der Waals surface area (Å²) in [6, 6.07) is 16.6. The second-order valence-electron chi connectivity index (χ2n) is 9.10. The van der Waals surface area contributed by atoms with Gasteiger partial charge in [-0.05, 0) is 31.2 Å². The minimum atomic E-state index is -0.597. The molecule has 2 aromatic carbocycles. The molecule has 9 heteroatoms. The fraction of sp³-hybridized carbons (Fsp3) is 0.345. The third-order valence-electron chi connectivity index (χ3n) is 6.68. The minimum absolute atomic E-state index is 0.0612. The van der Waals surface area contributed by atoms with E-state index >= 15 is 0 Å². The highest BCUT2D eigenvalue weighted by Crippen LogP contribution is 2.48. The Hall–Kier alpha value is -3.56. The normalized spacial score (nSPS) is 20.5. The fourth-order valence-corrected chi connectivity index (χ4v) is 5.85. The maximum Gasteiger partial charge on any atom is 0.338 e. The summed E-state index contributed by atoms with van der Waals surface area (Å²) in [5.41, 5.74) is 3.30. The van der Waals surface area contributed by atoms with E-state index in [9.17, 15) is 9.59 Å². The summed E-state index contributed by atoms with van der Waals surface area (Å²) < 4.78 is 16.9. The first-order valence-electron chi connectivity index (χ1n) is 12.8. The van der Waals surface area contributed by atoms with Crippen LogP contribution in [0.5, 0.6) is 5.75 Å². The summed E-state index contributed by atoms with van der Waals surface area (Å²) in [6.07, 6.45) is 2.17. The first-order chi connectivity index (χ1) is 18.6. The molecule has 198 valence electrons. The van der Waals surface area contributed by atoms with Crippen LogP contribution in [0.25, 0.3) is 5.70 Å². The summed E-state index contributed by atoms with van der Waals surface area (Å²) >= 11 is 1.44. The van der Waals surface area contributed by atoms with Crippen LogP contribution in [-0.2, 0) is 19.1 Å². The molecule has 0 saturated carbocycles. The van der Waals surface area contributed by atoms with E-state index in [-0.39, 0.29) is 25.0 Å². The maximum absolute atomic E-state index is 13.6. The van der Waals surface area contributed by atoms with Crippen molar-refractivity contribution < 1.29 is 23.8 Å². The zero-order valence-electron chi connectivity index (χ0n) is 21.5. The van der Waals surface area contributed by atoms with Gasteiger partial charge >= 0.3 is 5.97 Å². The van der Waals surface area contributed by atoms with Crippen molar-refractivity contribution in [1.82, 2.24) is 10.2 Å². The number of amides is 1. The van der Waals surface area contributed by atoms with Gasteiger partial charge in [-0.15, -0.1) is 0 Å². The molecule has 1 N–H and O–H groups in total. The molecule has 1 amide bonds. The number of aliphatic imine (C=N–C) groups is 1. The lowest BCUT2D eigenvalue weighted by Crippen LogP contribution is -2.39. The number of ether oxygens (including phenoxy) is 3. The Labute approximate surface area is 226 Å². The molecule has 1 fully saturated rings. The number of benzene rings is 2. The monoisotopic (exact) mass is 533 g/mol. The highest BCUT2D eigenvalue weighted by molar-refractivity contribution is 8.16. The summed E-state index contributed by atoms with van der Waals surface area (Å²) in [5, 5.41) is 5.63. The molecule has 3 heterocycles. The number of carbonyl (C=O) groups is 2. The number of thioether (sulfide) groups is 1. The van der Waals surface area contributed by atoms with Gasteiger partial charge in [-0.1, -0.05) is 60.3 Å². The van der Waals surface area contributed by atoms with Crippen molar-refractivity contribution in [3.05, 3.63) is 82.4 Å². The molecule has 8 nitrogen and oxygen atoms in total. The molecule has 2 aromatic rings. The third kappa shape index (κ3) is 5.35. The van der Waals surface area contributed by atoms with E-state index in [1.807, 2.05) is 64.9 Å². The van der Waals surface area contributed by atoms with Crippen LogP contribution in [0.15, 0.2) is 76.3 Å². The van der Waals surface area contributed by atoms with Gasteiger partial charge in [0.2, 0.25) is 5.91 Å². The first-order valence-corrected chi connectivity index (χ1v) is 13.7. The van der Waals surface area contributed by atoms with E-state index in [1.165, 1.54) is 11.8 Å². The number of carbonyl (C=O) groups excluding carboxylic acids is 2. The van der Waals surface area contributed by atoms with Crippen LogP contribution in [0.3, 0.4) is 0 Å². The Morgan fingerprint density at radius 2 is 1.95 bits per heavy atom. The Bertz CT molecular complexity index is 1280. The average Bonchev–Trinajstić information content (AvgIpc) is 3.62. The predicted octanol–water partition coefficient (Wildman–Crippen LogP) is 4.66. The molecule has 0 aliphatic carbocycles. The van der Waals surface area contributed by atoms with Crippen molar-refractivity contribution in [3.63, 3.8) is 0 Å². The number of methoxy groups -OCH3 is 1. The quantitative estimate of drug-likeness (QED) is 0.469. The number of hydrogen-bond acceptors (Lipinski definition) is 8. The summed E-state index contributed by atoms with van der Waals surface area (Å²) in [7, 11) is 1.61. The lowest BCUT2D eigenvalue weighted by molar-refractivity contribution is -0.139. The zero-order chi connectivity index (χ0) is 26.5. The highest BCUT2D eigenvalue weighted by Gasteiger charge is 2.43. The molecular weight excluding hydrogens is 502 g/mol. The van der Waals surface area contributed by atoms with Crippen molar-refractivity contribution in [2.75, 3.05) is 26.9 Å². The third-order valence-corrected chi connectivity index (χ3v) is 7.57. The van der Waals surface area contributed by atoms with Gasteiger partial charge in [0.1, 0.15) is 5.75 Å². The molecule has 1 saturated heterocycles. The number of para-hydroxylation sites is 1. The van der Waals surface area contributed by atoms with Crippen LogP contribution in [-0.4, -0.2) is 54.9 Å². The summed E-state index contributed by atoms with van der Waals surface area (Å²) in [6.45, 7) is 3.24. The lowest BCUT2D eigenvalue weighted by Gasteiger charge is -2.37. The number of amidine groups is 1. The van der Waals surface area contributed by atoms with Crippen molar-refractivity contribution >= 4 is 34.5 Å². The molecule has 0 spiro atoms. The average molecular weight is 534 g/mol. The van der Waals surface area contributed by atoms with E-state index in [2.05, 4.69) is 5.32 Å². The van der Waals surface area contributed by atoms with E-state index in [0.29, 0.717) is 28.7 Å². The van der Waals surface area contributed by atoms with Crippen LogP contribution in [0, 0.1) is 0 Å². The van der Waals surface area contributed by atoms with E-state index in [0.717, 1.165) is 36.3 Å². The number of fused-ring (bicyclic) bond motifs is 1. The van der Waals surface area contributed by atoms with Crippen LogP contribution >= 0.6 is 11.8 Å². The van der Waals surface area contributed by atoms with Crippen molar-refractivity contribution in [1.29, 1.82) is 0 Å². The van der Waals surface area contributed by atoms with Gasteiger partial charge in [-0.25, -0.2) is 9.79 Å². The number of nitrogens with zero attached hydrogens (tertiary/aromatic N) is 2. The second-order valence-corrected chi connectivity index (χ2v) is 9.94. The Morgan fingerprint density at radius 3 is 2.68 bits per heavy atom. The molecule has 5 rings (SSSR count). The Kier molecular flexibility index (Phi) is 8.14. The van der Waals surface area contributed by atoms with Crippen LogP contribution in [0.1, 0.15) is 43.4 Å². The van der Waals surface area contributed by atoms with Crippen LogP contribution in [0.2, 0.25) is 0 Å². The Balaban J connectivity index is 1.55. The molecule has 0 radical (unpaired) electrons. The van der Waals surface area contributed by atoms with E-state index < -0.39 is 12.0 Å². The predicted molar refractivity (Wildman–Crippen MR) is 147 cm³/mol. The topological polar surface area (TPSA) is 89.5 Å².